The molecule has 0 aliphatic carbocycles. The maximum Gasteiger partial charge on any atom is 0.155 e. The minimum Gasteiger partial charge on any atom is -0.325 e. The SMILES string of the molecule is CNCc1ccc(N2CCCCc3ccccc32)nn1. The molecule has 2 aromatic rings. The lowest BCUT2D eigenvalue weighted by Crippen LogP contribution is -2.20. The maximum absolute atomic E-state index is 4.40. The summed E-state index contributed by atoms with van der Waals surface area (Å²) in [6, 6.07) is 12.7. The number of nitrogens with zero attached hydrogens (tertiary/aromatic N) is 3. The van der Waals surface area contributed by atoms with Crippen molar-refractivity contribution in [1.29, 1.82) is 0 Å². The molecule has 0 unspecified atom stereocenters. The van der Waals surface area contributed by atoms with Crippen molar-refractivity contribution < 1.29 is 0 Å². The lowest BCUT2D eigenvalue weighted by Gasteiger charge is -2.23. The Labute approximate surface area is 119 Å². The van der Waals surface area contributed by atoms with Gasteiger partial charge in [0.05, 0.1) is 5.69 Å². The summed E-state index contributed by atoms with van der Waals surface area (Å²) >= 11 is 0. The highest BCUT2D eigenvalue weighted by Gasteiger charge is 2.17. The van der Waals surface area contributed by atoms with Crippen LogP contribution in [-0.4, -0.2) is 23.8 Å². The Morgan fingerprint density at radius 3 is 2.80 bits per heavy atom. The number of benzene rings is 1. The molecule has 1 aromatic heterocycles. The normalized spacial score (nSPS) is 14.8. The molecule has 1 aliphatic rings. The van der Waals surface area contributed by atoms with Gasteiger partial charge in [0.15, 0.2) is 5.82 Å². The number of rotatable bonds is 3. The van der Waals surface area contributed by atoms with Crippen molar-refractivity contribution in [2.45, 2.75) is 25.8 Å². The van der Waals surface area contributed by atoms with Crippen LogP contribution in [0.4, 0.5) is 11.5 Å². The highest BCUT2D eigenvalue weighted by molar-refractivity contribution is 5.64. The van der Waals surface area contributed by atoms with E-state index in [-0.39, 0.29) is 0 Å². The van der Waals surface area contributed by atoms with Gasteiger partial charge in [-0.3, -0.25) is 0 Å². The van der Waals surface area contributed by atoms with Crippen LogP contribution < -0.4 is 10.2 Å². The molecule has 0 amide bonds. The van der Waals surface area contributed by atoms with E-state index in [1.54, 1.807) is 0 Å². The van der Waals surface area contributed by atoms with Crippen LogP contribution in [0.5, 0.6) is 0 Å². The molecule has 1 aliphatic heterocycles. The number of para-hydroxylation sites is 1. The van der Waals surface area contributed by atoms with Gasteiger partial charge in [-0.2, -0.15) is 5.10 Å². The molecule has 0 spiro atoms. The van der Waals surface area contributed by atoms with Crippen molar-refractivity contribution in [3.05, 3.63) is 47.7 Å². The Kier molecular flexibility index (Phi) is 3.92. The number of nitrogens with one attached hydrogen (secondary N) is 1. The monoisotopic (exact) mass is 268 g/mol. The average molecular weight is 268 g/mol. The van der Waals surface area contributed by atoms with E-state index in [0.29, 0.717) is 0 Å². The Morgan fingerprint density at radius 2 is 2.00 bits per heavy atom. The number of aryl methyl sites for hydroxylation is 1. The zero-order chi connectivity index (χ0) is 13.8. The first-order valence-electron chi connectivity index (χ1n) is 7.21. The summed E-state index contributed by atoms with van der Waals surface area (Å²) in [5.41, 5.74) is 3.66. The second-order valence-electron chi connectivity index (χ2n) is 5.15. The van der Waals surface area contributed by atoms with E-state index >= 15 is 0 Å². The third-order valence-electron chi connectivity index (χ3n) is 3.70. The van der Waals surface area contributed by atoms with Crippen LogP contribution in [0.25, 0.3) is 0 Å². The fourth-order valence-corrected chi connectivity index (χ4v) is 2.70. The number of hydrogen-bond acceptors (Lipinski definition) is 4. The Balaban J connectivity index is 1.92. The largest absolute Gasteiger partial charge is 0.325 e. The van der Waals surface area contributed by atoms with Crippen molar-refractivity contribution >= 4 is 11.5 Å². The van der Waals surface area contributed by atoms with Crippen molar-refractivity contribution in [1.82, 2.24) is 15.5 Å². The third kappa shape index (κ3) is 2.65. The van der Waals surface area contributed by atoms with Crippen LogP contribution in [0, 0.1) is 0 Å². The highest BCUT2D eigenvalue weighted by atomic mass is 15.3. The maximum atomic E-state index is 4.40. The summed E-state index contributed by atoms with van der Waals surface area (Å²) in [4.78, 5) is 2.29. The first-order chi connectivity index (χ1) is 9.88. The van der Waals surface area contributed by atoms with Gasteiger partial charge in [-0.1, -0.05) is 18.2 Å². The first kappa shape index (κ1) is 13.1. The molecule has 20 heavy (non-hydrogen) atoms. The van der Waals surface area contributed by atoms with E-state index in [2.05, 4.69) is 50.7 Å². The molecule has 0 bridgehead atoms. The Hall–Kier alpha value is -1.94. The van der Waals surface area contributed by atoms with E-state index in [9.17, 15) is 0 Å². The molecule has 4 heteroatoms. The van der Waals surface area contributed by atoms with Gasteiger partial charge in [-0.25, -0.2) is 0 Å². The number of fused-ring (bicyclic) bond motifs is 1. The van der Waals surface area contributed by atoms with Gasteiger partial charge in [0.25, 0.3) is 0 Å². The molecule has 0 fully saturated rings. The van der Waals surface area contributed by atoms with Crippen LogP contribution in [0.3, 0.4) is 0 Å². The van der Waals surface area contributed by atoms with Gasteiger partial charge < -0.3 is 10.2 Å². The Morgan fingerprint density at radius 1 is 1.10 bits per heavy atom. The van der Waals surface area contributed by atoms with Crippen molar-refractivity contribution in [2.24, 2.45) is 0 Å². The fourth-order valence-electron chi connectivity index (χ4n) is 2.70. The molecule has 0 atom stereocenters. The quantitative estimate of drug-likeness (QED) is 0.929. The second kappa shape index (κ2) is 6.01. The predicted octanol–water partition coefficient (Wildman–Crippen LogP) is 2.67. The molecular weight excluding hydrogens is 248 g/mol. The molecule has 1 aromatic carbocycles. The summed E-state index contributed by atoms with van der Waals surface area (Å²) in [5, 5.41) is 11.8. The van der Waals surface area contributed by atoms with E-state index in [0.717, 1.165) is 31.0 Å². The molecule has 0 radical (unpaired) electrons. The number of aromatic nitrogens is 2. The number of hydrogen-bond donors (Lipinski definition) is 1. The van der Waals surface area contributed by atoms with Gasteiger partial charge in [0.1, 0.15) is 0 Å². The molecule has 0 saturated heterocycles. The first-order valence-corrected chi connectivity index (χ1v) is 7.21. The fraction of sp³-hybridized carbons (Fsp3) is 0.375. The zero-order valence-corrected chi connectivity index (χ0v) is 11.8. The van der Waals surface area contributed by atoms with Gasteiger partial charge in [0.2, 0.25) is 0 Å². The van der Waals surface area contributed by atoms with Crippen LogP contribution >= 0.6 is 0 Å². The Bertz CT molecular complexity index is 565. The van der Waals surface area contributed by atoms with Crippen LogP contribution in [0.15, 0.2) is 36.4 Å². The second-order valence-corrected chi connectivity index (χ2v) is 5.15. The van der Waals surface area contributed by atoms with Crippen LogP contribution in [0.1, 0.15) is 24.1 Å². The molecule has 1 N–H and O–H groups in total. The molecule has 2 heterocycles. The standard InChI is InChI=1S/C16H20N4/c1-17-12-14-9-10-16(19-18-14)20-11-5-4-7-13-6-2-3-8-15(13)20/h2-3,6,8-10,17H,4-5,7,11-12H2,1H3. The van der Waals surface area contributed by atoms with E-state index in [1.807, 2.05) is 13.1 Å². The van der Waals surface area contributed by atoms with Crippen LogP contribution in [-0.2, 0) is 13.0 Å². The summed E-state index contributed by atoms with van der Waals surface area (Å²) in [7, 11) is 1.92. The highest BCUT2D eigenvalue weighted by Crippen LogP contribution is 2.30. The van der Waals surface area contributed by atoms with Gasteiger partial charge in [-0.15, -0.1) is 5.10 Å². The lowest BCUT2D eigenvalue weighted by atomic mass is 10.1. The van der Waals surface area contributed by atoms with Crippen molar-refractivity contribution in [3.63, 3.8) is 0 Å². The molecule has 104 valence electrons. The van der Waals surface area contributed by atoms with E-state index < -0.39 is 0 Å². The third-order valence-corrected chi connectivity index (χ3v) is 3.70. The van der Waals surface area contributed by atoms with Crippen molar-refractivity contribution in [2.75, 3.05) is 18.5 Å². The minimum absolute atomic E-state index is 0.754. The number of anilines is 2. The van der Waals surface area contributed by atoms with Crippen molar-refractivity contribution in [3.8, 4) is 0 Å². The van der Waals surface area contributed by atoms with Gasteiger partial charge in [-0.05, 0) is 50.1 Å². The molecule has 0 saturated carbocycles. The van der Waals surface area contributed by atoms with Crippen LogP contribution in [0.2, 0.25) is 0 Å². The molecular formula is C16H20N4. The smallest absolute Gasteiger partial charge is 0.155 e. The summed E-state index contributed by atoms with van der Waals surface area (Å²) in [6.45, 7) is 1.76. The summed E-state index contributed by atoms with van der Waals surface area (Å²) < 4.78 is 0. The average Bonchev–Trinajstić information content (AvgIpc) is 2.71. The summed E-state index contributed by atoms with van der Waals surface area (Å²) in [5.74, 6) is 0.944. The topological polar surface area (TPSA) is 41.0 Å². The molecule has 4 nitrogen and oxygen atoms in total. The predicted molar refractivity (Wildman–Crippen MR) is 81.2 cm³/mol. The van der Waals surface area contributed by atoms with E-state index in [4.69, 9.17) is 0 Å². The summed E-state index contributed by atoms with van der Waals surface area (Å²) in [6.07, 6.45) is 3.57. The van der Waals surface area contributed by atoms with Gasteiger partial charge >= 0.3 is 0 Å². The zero-order valence-electron chi connectivity index (χ0n) is 11.8. The molecule has 3 rings (SSSR count). The van der Waals surface area contributed by atoms with Gasteiger partial charge in [0, 0.05) is 18.8 Å². The van der Waals surface area contributed by atoms with E-state index in [1.165, 1.54) is 24.1 Å². The minimum atomic E-state index is 0.754. The lowest BCUT2D eigenvalue weighted by molar-refractivity contribution is 0.742.